The number of urea groups is 1. The number of rotatable bonds is 4. The van der Waals surface area contributed by atoms with Crippen LogP contribution in [0.5, 0.6) is 0 Å². The molecule has 1 aromatic rings. The average Bonchev–Trinajstić information content (AvgIpc) is 3.25. The minimum atomic E-state index is 0.0635. The van der Waals surface area contributed by atoms with Crippen molar-refractivity contribution in [1.29, 1.82) is 0 Å². The quantitative estimate of drug-likeness (QED) is 0.890. The van der Waals surface area contributed by atoms with Crippen molar-refractivity contribution < 1.29 is 9.53 Å². The van der Waals surface area contributed by atoms with E-state index in [1.54, 1.807) is 11.3 Å². The van der Waals surface area contributed by atoms with Gasteiger partial charge in [0.25, 0.3) is 0 Å². The number of hydrogen-bond acceptors (Lipinski definition) is 5. The molecule has 3 fully saturated rings. The fourth-order valence-corrected chi connectivity index (χ4v) is 4.97. The second-order valence-corrected chi connectivity index (χ2v) is 8.72. The summed E-state index contributed by atoms with van der Waals surface area (Å²) in [7, 11) is 0. The molecule has 0 aromatic carbocycles. The number of carbonyl (C=O) groups excluding carboxylic acids is 1. The monoisotopic (exact) mass is 364 g/mol. The molecule has 0 aliphatic carbocycles. The third kappa shape index (κ3) is 3.83. The van der Waals surface area contributed by atoms with Crippen molar-refractivity contribution in [2.24, 2.45) is 5.92 Å². The lowest BCUT2D eigenvalue weighted by Gasteiger charge is -2.53. The minimum absolute atomic E-state index is 0.0635. The lowest BCUT2D eigenvalue weighted by Crippen LogP contribution is -2.64. The van der Waals surface area contributed by atoms with Crippen molar-refractivity contribution in [2.45, 2.75) is 44.8 Å². The van der Waals surface area contributed by atoms with Crippen molar-refractivity contribution >= 4 is 17.4 Å². The van der Waals surface area contributed by atoms with Crippen LogP contribution >= 0.6 is 11.3 Å². The molecule has 0 bridgehead atoms. The number of carbonyl (C=O) groups is 1. The third-order valence-electron chi connectivity index (χ3n) is 5.80. The molecule has 1 N–H and O–H groups in total. The van der Waals surface area contributed by atoms with Crippen molar-refractivity contribution in [3.63, 3.8) is 0 Å². The predicted octanol–water partition coefficient (Wildman–Crippen LogP) is 2.24. The summed E-state index contributed by atoms with van der Waals surface area (Å²) in [5.41, 5.74) is 3.15. The maximum absolute atomic E-state index is 12.1. The molecule has 25 heavy (non-hydrogen) atoms. The molecule has 2 amide bonds. The van der Waals surface area contributed by atoms with Gasteiger partial charge in [-0.1, -0.05) is 0 Å². The van der Waals surface area contributed by atoms with Gasteiger partial charge in [-0.25, -0.2) is 9.78 Å². The summed E-state index contributed by atoms with van der Waals surface area (Å²) in [6, 6.07) is 0.104. The minimum Gasteiger partial charge on any atom is -0.372 e. The largest absolute Gasteiger partial charge is 0.372 e. The first-order valence-electron chi connectivity index (χ1n) is 9.42. The molecule has 6 nitrogen and oxygen atoms in total. The normalized spacial score (nSPS) is 26.0. The van der Waals surface area contributed by atoms with Gasteiger partial charge >= 0.3 is 6.03 Å². The Morgan fingerprint density at radius 2 is 2.24 bits per heavy atom. The molecule has 138 valence electrons. The van der Waals surface area contributed by atoms with E-state index in [-0.39, 0.29) is 11.6 Å². The number of nitrogens with one attached hydrogen (secondary N) is 1. The number of amides is 2. The predicted molar refractivity (Wildman–Crippen MR) is 97.7 cm³/mol. The zero-order chi connectivity index (χ0) is 17.3. The van der Waals surface area contributed by atoms with Gasteiger partial charge in [-0.15, -0.1) is 11.3 Å². The van der Waals surface area contributed by atoms with Crippen LogP contribution in [0.2, 0.25) is 0 Å². The maximum Gasteiger partial charge on any atom is 0.317 e. The highest BCUT2D eigenvalue weighted by Gasteiger charge is 2.46. The van der Waals surface area contributed by atoms with Crippen LogP contribution in [0.25, 0.3) is 0 Å². The van der Waals surface area contributed by atoms with E-state index in [2.05, 4.69) is 22.1 Å². The zero-order valence-corrected chi connectivity index (χ0v) is 15.8. The third-order valence-corrected chi connectivity index (χ3v) is 6.72. The molecule has 1 atom stereocenters. The Morgan fingerprint density at radius 3 is 2.88 bits per heavy atom. The van der Waals surface area contributed by atoms with E-state index in [1.807, 2.05) is 10.4 Å². The highest BCUT2D eigenvalue weighted by atomic mass is 32.1. The number of hydrogen-bond donors (Lipinski definition) is 1. The number of aryl methyl sites for hydroxylation is 1. The van der Waals surface area contributed by atoms with E-state index >= 15 is 0 Å². The molecule has 7 heteroatoms. The molecule has 1 spiro atoms. The number of ether oxygens (including phenoxy) is 1. The van der Waals surface area contributed by atoms with Crippen molar-refractivity contribution in [1.82, 2.24) is 20.1 Å². The number of likely N-dealkylation sites (tertiary alicyclic amines) is 2. The second kappa shape index (κ2) is 7.21. The van der Waals surface area contributed by atoms with Crippen LogP contribution in [0.1, 0.15) is 36.3 Å². The molecular weight excluding hydrogens is 336 g/mol. The SMILES string of the molecule is Cc1ncsc1CN1CC2(CC[C@@H](CNC(=O)N3CCCC3)CO2)C1. The molecule has 1 aromatic heterocycles. The van der Waals surface area contributed by atoms with Gasteiger partial charge in [0.1, 0.15) is 0 Å². The molecule has 0 saturated carbocycles. The highest BCUT2D eigenvalue weighted by molar-refractivity contribution is 7.09. The molecule has 4 heterocycles. The summed E-state index contributed by atoms with van der Waals surface area (Å²) in [6.45, 7) is 8.46. The fraction of sp³-hybridized carbons (Fsp3) is 0.778. The molecule has 3 aliphatic heterocycles. The Morgan fingerprint density at radius 1 is 1.44 bits per heavy atom. The van der Waals surface area contributed by atoms with Gasteiger partial charge in [-0.3, -0.25) is 4.90 Å². The highest BCUT2D eigenvalue weighted by Crippen LogP contribution is 2.37. The van der Waals surface area contributed by atoms with E-state index < -0.39 is 0 Å². The summed E-state index contributed by atoms with van der Waals surface area (Å²) < 4.78 is 6.23. The molecule has 3 aliphatic rings. The van der Waals surface area contributed by atoms with E-state index in [0.717, 1.165) is 77.3 Å². The van der Waals surface area contributed by atoms with Crippen LogP contribution < -0.4 is 5.32 Å². The van der Waals surface area contributed by atoms with Gasteiger partial charge in [0.2, 0.25) is 0 Å². The fourth-order valence-electron chi connectivity index (χ4n) is 4.15. The van der Waals surface area contributed by atoms with Gasteiger partial charge in [-0.05, 0) is 38.5 Å². The Balaban J connectivity index is 1.17. The summed E-state index contributed by atoms with van der Waals surface area (Å²) in [4.78, 5) is 22.1. The van der Waals surface area contributed by atoms with Crippen LogP contribution in [0, 0.1) is 12.8 Å². The summed E-state index contributed by atoms with van der Waals surface area (Å²) in [5, 5.41) is 3.09. The van der Waals surface area contributed by atoms with Gasteiger partial charge in [0.05, 0.1) is 23.4 Å². The summed E-state index contributed by atoms with van der Waals surface area (Å²) in [5.74, 6) is 0.454. The molecule has 3 saturated heterocycles. The Bertz CT molecular complexity index is 598. The first kappa shape index (κ1) is 17.2. The first-order chi connectivity index (χ1) is 12.1. The number of thiazole rings is 1. The van der Waals surface area contributed by atoms with Crippen LogP contribution in [-0.2, 0) is 11.3 Å². The topological polar surface area (TPSA) is 57.7 Å². The maximum atomic E-state index is 12.1. The first-order valence-corrected chi connectivity index (χ1v) is 10.3. The lowest BCUT2D eigenvalue weighted by atomic mass is 9.83. The average molecular weight is 365 g/mol. The van der Waals surface area contributed by atoms with Gasteiger partial charge in [0.15, 0.2) is 0 Å². The number of aromatic nitrogens is 1. The molecule has 4 rings (SSSR count). The number of nitrogens with zero attached hydrogens (tertiary/aromatic N) is 3. The van der Waals surface area contributed by atoms with Gasteiger partial charge in [-0.2, -0.15) is 0 Å². The van der Waals surface area contributed by atoms with E-state index in [0.29, 0.717) is 5.92 Å². The van der Waals surface area contributed by atoms with E-state index in [4.69, 9.17) is 4.74 Å². The van der Waals surface area contributed by atoms with Gasteiger partial charge in [0, 0.05) is 44.1 Å². The van der Waals surface area contributed by atoms with E-state index in [9.17, 15) is 4.79 Å². The van der Waals surface area contributed by atoms with Crippen LogP contribution in [0.4, 0.5) is 4.79 Å². The van der Waals surface area contributed by atoms with Crippen LogP contribution in [-0.4, -0.2) is 65.7 Å². The standard InChI is InChI=1S/C18H28N4O2S/c1-14-16(25-13-20-14)9-21-11-18(12-21)5-4-15(10-24-18)8-19-17(23)22-6-2-3-7-22/h13,15H,2-12H2,1H3,(H,19,23)/t15-/m0/s1. The molecular formula is C18H28N4O2S. The van der Waals surface area contributed by atoms with Crippen LogP contribution in [0.3, 0.4) is 0 Å². The molecule has 0 unspecified atom stereocenters. The smallest absolute Gasteiger partial charge is 0.317 e. The zero-order valence-electron chi connectivity index (χ0n) is 15.0. The van der Waals surface area contributed by atoms with E-state index in [1.165, 1.54) is 4.88 Å². The lowest BCUT2D eigenvalue weighted by molar-refractivity contribution is -0.181. The summed E-state index contributed by atoms with van der Waals surface area (Å²) >= 11 is 1.74. The Labute approximate surface area is 153 Å². The van der Waals surface area contributed by atoms with Crippen molar-refractivity contribution in [2.75, 3.05) is 39.3 Å². The molecule has 0 radical (unpaired) electrons. The van der Waals surface area contributed by atoms with Crippen molar-refractivity contribution in [3.05, 3.63) is 16.1 Å². The second-order valence-electron chi connectivity index (χ2n) is 7.79. The summed E-state index contributed by atoms with van der Waals surface area (Å²) in [6.07, 6.45) is 4.53. The van der Waals surface area contributed by atoms with Gasteiger partial charge < -0.3 is 15.0 Å². The van der Waals surface area contributed by atoms with Crippen molar-refractivity contribution in [3.8, 4) is 0 Å². The Hall–Kier alpha value is -1.18. The Kier molecular flexibility index (Phi) is 4.97. The van der Waals surface area contributed by atoms with Crippen LogP contribution in [0.15, 0.2) is 5.51 Å².